The van der Waals surface area contributed by atoms with Gasteiger partial charge in [0.1, 0.15) is 0 Å². The van der Waals surface area contributed by atoms with Crippen molar-refractivity contribution in [3.8, 4) is 0 Å². The number of anilines is 1. The summed E-state index contributed by atoms with van der Waals surface area (Å²) in [5.74, 6) is 0. The van der Waals surface area contributed by atoms with E-state index in [0.29, 0.717) is 10.1 Å². The molecule has 0 amide bonds. The predicted molar refractivity (Wildman–Crippen MR) is 105 cm³/mol. The average Bonchev–Trinajstić information content (AvgIpc) is 2.50. The zero-order valence-electron chi connectivity index (χ0n) is 13.2. The number of hydrogen-bond donors (Lipinski definition) is 2. The average molecular weight is 366 g/mol. The van der Waals surface area contributed by atoms with E-state index in [1.165, 1.54) is 4.90 Å². The van der Waals surface area contributed by atoms with E-state index in [1.54, 1.807) is 11.8 Å². The molecule has 0 saturated heterocycles. The molecule has 0 fully saturated rings. The zero-order valence-corrected chi connectivity index (χ0v) is 15.6. The van der Waals surface area contributed by atoms with E-state index < -0.39 is 0 Å². The highest BCUT2D eigenvalue weighted by Crippen LogP contribution is 2.34. The molecular formula is C17H20ClN3S2. The minimum Gasteiger partial charge on any atom is -0.361 e. The fraction of sp³-hybridized carbons (Fsp3) is 0.235. The molecular weight excluding hydrogens is 346 g/mol. The molecule has 122 valence electrons. The summed E-state index contributed by atoms with van der Waals surface area (Å²) >= 11 is 13.2. The van der Waals surface area contributed by atoms with E-state index in [1.807, 2.05) is 50.5 Å². The predicted octanol–water partition coefficient (Wildman–Crippen LogP) is 4.34. The molecule has 2 N–H and O–H groups in total. The van der Waals surface area contributed by atoms with Gasteiger partial charge in [0.2, 0.25) is 0 Å². The number of halogens is 1. The maximum absolute atomic E-state index is 6.13. The maximum atomic E-state index is 6.13. The molecule has 0 aliphatic carbocycles. The number of hydrogen-bond acceptors (Lipinski definition) is 3. The first-order chi connectivity index (χ1) is 11.0. The van der Waals surface area contributed by atoms with Gasteiger partial charge >= 0.3 is 0 Å². The topological polar surface area (TPSA) is 27.3 Å². The molecule has 2 aromatic rings. The van der Waals surface area contributed by atoms with Crippen molar-refractivity contribution in [1.29, 1.82) is 0 Å². The van der Waals surface area contributed by atoms with Gasteiger partial charge in [-0.2, -0.15) is 0 Å². The second-order valence-electron chi connectivity index (χ2n) is 5.24. The highest BCUT2D eigenvalue weighted by Gasteiger charge is 2.07. The largest absolute Gasteiger partial charge is 0.361 e. The third-order valence-corrected chi connectivity index (χ3v) is 4.57. The van der Waals surface area contributed by atoms with E-state index in [0.717, 1.165) is 23.7 Å². The Morgan fingerprint density at radius 3 is 2.61 bits per heavy atom. The van der Waals surface area contributed by atoms with Crippen molar-refractivity contribution in [3.05, 3.63) is 53.6 Å². The third-order valence-electron chi connectivity index (χ3n) is 3.01. The standard InChI is InChI=1S/C17H20ClN3S2/c1-21(2)11-10-19-17(22)20-15-12-13(18)8-9-16(15)23-14-6-4-3-5-7-14/h3-9,12H,10-11H2,1-2H3,(H2,19,20,22). The van der Waals surface area contributed by atoms with Gasteiger partial charge in [0.25, 0.3) is 0 Å². The Kier molecular flexibility index (Phi) is 7.17. The molecule has 0 aliphatic rings. The van der Waals surface area contributed by atoms with E-state index >= 15 is 0 Å². The van der Waals surface area contributed by atoms with Crippen molar-refractivity contribution in [1.82, 2.24) is 10.2 Å². The minimum atomic E-state index is 0.601. The van der Waals surface area contributed by atoms with Gasteiger partial charge < -0.3 is 15.5 Å². The molecule has 2 aromatic carbocycles. The number of nitrogens with one attached hydrogen (secondary N) is 2. The smallest absolute Gasteiger partial charge is 0.170 e. The number of rotatable bonds is 6. The second-order valence-corrected chi connectivity index (χ2v) is 7.20. The lowest BCUT2D eigenvalue weighted by Crippen LogP contribution is -2.34. The van der Waals surface area contributed by atoms with Crippen LogP contribution in [0.2, 0.25) is 5.02 Å². The molecule has 0 aliphatic heterocycles. The first-order valence-corrected chi connectivity index (χ1v) is 8.87. The first kappa shape index (κ1) is 18.1. The summed E-state index contributed by atoms with van der Waals surface area (Å²) in [5, 5.41) is 7.72. The summed E-state index contributed by atoms with van der Waals surface area (Å²) in [7, 11) is 4.06. The Balaban J connectivity index is 2.05. The summed E-state index contributed by atoms with van der Waals surface area (Å²) < 4.78 is 0. The fourth-order valence-corrected chi connectivity index (χ4v) is 3.15. The van der Waals surface area contributed by atoms with Gasteiger partial charge in [-0.25, -0.2) is 0 Å². The molecule has 6 heteroatoms. The minimum absolute atomic E-state index is 0.601. The fourth-order valence-electron chi connectivity index (χ4n) is 1.86. The molecule has 0 aromatic heterocycles. The van der Waals surface area contributed by atoms with Crippen LogP contribution in [-0.4, -0.2) is 37.2 Å². The summed E-state index contributed by atoms with van der Waals surface area (Å²) in [6.45, 7) is 1.71. The van der Waals surface area contributed by atoms with Crippen LogP contribution in [0.25, 0.3) is 0 Å². The molecule has 0 spiro atoms. The lowest BCUT2D eigenvalue weighted by atomic mass is 10.3. The lowest BCUT2D eigenvalue weighted by molar-refractivity contribution is 0.413. The monoisotopic (exact) mass is 365 g/mol. The second kappa shape index (κ2) is 9.13. The van der Waals surface area contributed by atoms with Crippen LogP contribution in [0.3, 0.4) is 0 Å². The van der Waals surface area contributed by atoms with E-state index in [4.69, 9.17) is 23.8 Å². The molecule has 2 rings (SSSR count). The van der Waals surface area contributed by atoms with Crippen LogP contribution in [0, 0.1) is 0 Å². The lowest BCUT2D eigenvalue weighted by Gasteiger charge is -2.15. The van der Waals surface area contributed by atoms with Crippen molar-refractivity contribution in [2.75, 3.05) is 32.5 Å². The van der Waals surface area contributed by atoms with Crippen LogP contribution in [-0.2, 0) is 0 Å². The van der Waals surface area contributed by atoms with Crippen LogP contribution in [0.5, 0.6) is 0 Å². The van der Waals surface area contributed by atoms with Crippen LogP contribution >= 0.6 is 35.6 Å². The van der Waals surface area contributed by atoms with Gasteiger partial charge in [0.05, 0.1) is 5.69 Å². The number of benzene rings is 2. The van der Waals surface area contributed by atoms with Gasteiger partial charge in [0, 0.05) is 27.9 Å². The molecule has 3 nitrogen and oxygen atoms in total. The Morgan fingerprint density at radius 1 is 1.17 bits per heavy atom. The van der Waals surface area contributed by atoms with Gasteiger partial charge in [-0.05, 0) is 56.6 Å². The molecule has 0 unspecified atom stereocenters. The highest BCUT2D eigenvalue weighted by molar-refractivity contribution is 7.99. The quantitative estimate of drug-likeness (QED) is 0.743. The van der Waals surface area contributed by atoms with Gasteiger partial charge in [-0.15, -0.1) is 0 Å². The Morgan fingerprint density at radius 2 is 1.91 bits per heavy atom. The van der Waals surface area contributed by atoms with Gasteiger partial charge in [0.15, 0.2) is 5.11 Å². The Hall–Kier alpha value is -1.27. The third kappa shape index (κ3) is 6.39. The molecule has 0 radical (unpaired) electrons. The normalized spacial score (nSPS) is 10.6. The molecule has 0 saturated carbocycles. The molecule has 0 heterocycles. The van der Waals surface area contributed by atoms with Crippen LogP contribution in [0.15, 0.2) is 58.3 Å². The molecule has 23 heavy (non-hydrogen) atoms. The van der Waals surface area contributed by atoms with Crippen LogP contribution < -0.4 is 10.6 Å². The zero-order chi connectivity index (χ0) is 16.7. The van der Waals surface area contributed by atoms with Crippen molar-refractivity contribution in [2.45, 2.75) is 9.79 Å². The van der Waals surface area contributed by atoms with E-state index in [-0.39, 0.29) is 0 Å². The van der Waals surface area contributed by atoms with Crippen LogP contribution in [0.1, 0.15) is 0 Å². The summed E-state index contributed by atoms with van der Waals surface area (Å²) in [5.41, 5.74) is 0.911. The van der Waals surface area contributed by atoms with Crippen molar-refractivity contribution in [3.63, 3.8) is 0 Å². The number of likely N-dealkylation sites (N-methyl/N-ethyl adjacent to an activating group) is 1. The Bertz CT molecular complexity index is 648. The summed E-state index contributed by atoms with van der Waals surface area (Å²) in [6, 6.07) is 16.0. The summed E-state index contributed by atoms with van der Waals surface area (Å²) in [6.07, 6.45) is 0. The Labute approximate surface area is 152 Å². The number of nitrogens with zero attached hydrogens (tertiary/aromatic N) is 1. The summed E-state index contributed by atoms with van der Waals surface area (Å²) in [4.78, 5) is 4.35. The van der Waals surface area contributed by atoms with Crippen molar-refractivity contribution < 1.29 is 0 Å². The number of thiocarbonyl (C=S) groups is 1. The van der Waals surface area contributed by atoms with Crippen molar-refractivity contribution >= 4 is 46.4 Å². The molecule has 0 atom stereocenters. The van der Waals surface area contributed by atoms with E-state index in [9.17, 15) is 0 Å². The highest BCUT2D eigenvalue weighted by atomic mass is 35.5. The van der Waals surface area contributed by atoms with Gasteiger partial charge in [-0.1, -0.05) is 41.6 Å². The van der Waals surface area contributed by atoms with Crippen LogP contribution in [0.4, 0.5) is 5.69 Å². The van der Waals surface area contributed by atoms with Crippen molar-refractivity contribution in [2.24, 2.45) is 0 Å². The SMILES string of the molecule is CN(C)CCNC(=S)Nc1cc(Cl)ccc1Sc1ccccc1. The van der Waals surface area contributed by atoms with Gasteiger partial charge in [-0.3, -0.25) is 0 Å². The maximum Gasteiger partial charge on any atom is 0.170 e. The first-order valence-electron chi connectivity index (χ1n) is 7.26. The molecule has 0 bridgehead atoms. The van der Waals surface area contributed by atoms with E-state index in [2.05, 4.69) is 27.7 Å².